The number of para-hydroxylation sites is 3. The molecule has 0 saturated heterocycles. The highest BCUT2D eigenvalue weighted by Crippen LogP contribution is 2.51. The Morgan fingerprint density at radius 2 is 1.43 bits per heavy atom. The lowest BCUT2D eigenvalue weighted by Crippen LogP contribution is -2.59. The lowest BCUT2D eigenvalue weighted by molar-refractivity contribution is 0.332. The van der Waals surface area contributed by atoms with Crippen LogP contribution in [0.5, 0.6) is 5.75 Å². The van der Waals surface area contributed by atoms with Crippen molar-refractivity contribution in [3.05, 3.63) is 168 Å². The number of ether oxygens (including phenoxy) is 1. The fourth-order valence-electron chi connectivity index (χ4n) is 10.4. The van der Waals surface area contributed by atoms with Gasteiger partial charge in [0.2, 0.25) is 0 Å². The first-order chi connectivity index (χ1) is 29.6. The second kappa shape index (κ2) is 14.3. The molecule has 3 heterocycles. The molecule has 0 amide bonds. The fraction of sp³-hybridized carbons (Fsp3) is 0.236. The maximum Gasteiger partial charge on any atom is 0.264 e. The molecule has 0 saturated carbocycles. The van der Waals surface area contributed by atoms with Gasteiger partial charge in [-0.2, -0.15) is 0 Å². The van der Waals surface area contributed by atoms with E-state index in [1.165, 1.54) is 83.6 Å². The van der Waals surface area contributed by atoms with Gasteiger partial charge in [-0.05, 0) is 162 Å². The molecule has 0 fully saturated rings. The van der Waals surface area contributed by atoms with Crippen LogP contribution in [0.15, 0.2) is 145 Å². The number of hydrogen-bond donors (Lipinski definition) is 1. The Morgan fingerprint density at radius 3 is 2.10 bits per heavy atom. The number of rotatable bonds is 7. The quantitative estimate of drug-likeness (QED) is 0.162. The third-order valence-electron chi connectivity index (χ3n) is 13.9. The van der Waals surface area contributed by atoms with Gasteiger partial charge in [-0.3, -0.25) is 0 Å². The topological polar surface area (TPSA) is 27.7 Å². The Hall–Kier alpha value is -5.98. The zero-order chi connectivity index (χ0) is 41.6. The highest BCUT2D eigenvalue weighted by atomic mass is 32.1. The van der Waals surface area contributed by atoms with Gasteiger partial charge in [0.15, 0.2) is 0 Å². The maximum absolute atomic E-state index is 6.88. The van der Waals surface area contributed by atoms with Gasteiger partial charge in [0.25, 0.3) is 6.71 Å². The van der Waals surface area contributed by atoms with Crippen molar-refractivity contribution in [1.29, 1.82) is 0 Å². The lowest BCUT2D eigenvalue weighted by Gasteiger charge is -2.42. The van der Waals surface area contributed by atoms with Gasteiger partial charge in [0, 0.05) is 49.0 Å². The van der Waals surface area contributed by atoms with E-state index in [1.807, 2.05) is 11.3 Å². The SMILES string of the molecule is CCc1cc2c(cc1OC1=CCCC=C1)B1c3sc4cc5c(cc4c3Nc3cc(N(c4ccccc4)c4ccccc4)cc(c31)N2c1ccccc1C)C(C)(C)CCC5(C)C. The van der Waals surface area contributed by atoms with Gasteiger partial charge in [-0.1, -0.05) is 95.3 Å². The molecule has 6 aromatic carbocycles. The third kappa shape index (κ3) is 6.16. The standard InChI is InChI=1S/C55H52BN3OS/c1-7-36-29-47-44(34-49(36)60-40-24-15-10-16-25-40)56-51-45(57-52-41-32-42-43(33-50(41)61-53(52)56)55(5,6)28-27-54(42,3)4)30-39(31-48(51)59(47)46-26-18-17-19-35(46)2)58(37-20-11-8-12-21-37)38-22-13-9-14-23-38/h8-9,11-15,17-26,29-34,57H,7,10,16,27-28H2,1-6H3. The Morgan fingerprint density at radius 1 is 0.738 bits per heavy atom. The summed E-state index contributed by atoms with van der Waals surface area (Å²) in [5.74, 6) is 1.88. The molecule has 0 atom stereocenters. The van der Waals surface area contributed by atoms with Gasteiger partial charge in [0.05, 0.1) is 11.4 Å². The van der Waals surface area contributed by atoms with E-state index in [9.17, 15) is 0 Å². The number of fused-ring (bicyclic) bond motifs is 7. The summed E-state index contributed by atoms with van der Waals surface area (Å²) in [5.41, 5.74) is 17.5. The van der Waals surface area contributed by atoms with Gasteiger partial charge in [-0.15, -0.1) is 11.3 Å². The van der Waals surface area contributed by atoms with E-state index in [-0.39, 0.29) is 17.5 Å². The number of nitrogens with zero attached hydrogens (tertiary/aromatic N) is 2. The molecule has 302 valence electrons. The molecule has 61 heavy (non-hydrogen) atoms. The van der Waals surface area contributed by atoms with E-state index >= 15 is 0 Å². The van der Waals surface area contributed by atoms with Gasteiger partial charge < -0.3 is 19.9 Å². The molecule has 0 unspecified atom stereocenters. The molecule has 1 N–H and O–H groups in total. The normalized spacial score (nSPS) is 16.5. The average molecular weight is 814 g/mol. The van der Waals surface area contributed by atoms with Crippen molar-refractivity contribution in [2.75, 3.05) is 15.1 Å². The Balaban J connectivity index is 1.23. The van der Waals surface area contributed by atoms with Crippen LogP contribution in [0.25, 0.3) is 10.1 Å². The second-order valence-corrected chi connectivity index (χ2v) is 19.8. The molecule has 0 radical (unpaired) electrons. The number of benzene rings is 6. The molecule has 11 rings (SSSR count). The minimum Gasteiger partial charge on any atom is -0.457 e. The van der Waals surface area contributed by atoms with E-state index in [1.54, 1.807) is 0 Å². The number of nitrogens with one attached hydrogen (secondary N) is 1. The molecule has 2 aliphatic carbocycles. The summed E-state index contributed by atoms with van der Waals surface area (Å²) in [6.07, 6.45) is 11.9. The van der Waals surface area contributed by atoms with E-state index < -0.39 is 0 Å². The Kier molecular flexibility index (Phi) is 8.91. The van der Waals surface area contributed by atoms with E-state index in [2.05, 4.69) is 196 Å². The van der Waals surface area contributed by atoms with Crippen molar-refractivity contribution in [3.63, 3.8) is 0 Å². The second-order valence-electron chi connectivity index (χ2n) is 18.7. The monoisotopic (exact) mass is 813 g/mol. The van der Waals surface area contributed by atoms with Crippen molar-refractivity contribution >= 4 is 89.3 Å². The summed E-state index contributed by atoms with van der Waals surface area (Å²) in [5, 5.41) is 5.51. The number of anilines is 8. The molecule has 1 aromatic heterocycles. The zero-order valence-electron chi connectivity index (χ0n) is 36.1. The number of aryl methyl sites for hydroxylation is 2. The fourth-order valence-corrected chi connectivity index (χ4v) is 11.7. The third-order valence-corrected chi connectivity index (χ3v) is 15.1. The van der Waals surface area contributed by atoms with Gasteiger partial charge in [0.1, 0.15) is 11.5 Å². The summed E-state index contributed by atoms with van der Waals surface area (Å²) in [6.45, 7) is 14.2. The van der Waals surface area contributed by atoms with Crippen LogP contribution >= 0.6 is 11.3 Å². The summed E-state index contributed by atoms with van der Waals surface area (Å²) in [6, 6.07) is 45.2. The minimum absolute atomic E-state index is 0.00736. The van der Waals surface area contributed by atoms with Crippen molar-refractivity contribution in [2.24, 2.45) is 0 Å². The molecule has 0 spiro atoms. The first-order valence-electron chi connectivity index (χ1n) is 22.1. The van der Waals surface area contributed by atoms with Crippen LogP contribution in [0, 0.1) is 6.92 Å². The van der Waals surface area contributed by atoms with Crippen LogP contribution in [-0.4, -0.2) is 6.71 Å². The predicted molar refractivity (Wildman–Crippen MR) is 262 cm³/mol. The largest absolute Gasteiger partial charge is 0.457 e. The summed E-state index contributed by atoms with van der Waals surface area (Å²) >= 11 is 1.98. The molecule has 4 nitrogen and oxygen atoms in total. The molecule has 7 aromatic rings. The van der Waals surface area contributed by atoms with E-state index in [0.717, 1.165) is 53.5 Å². The van der Waals surface area contributed by atoms with Crippen LogP contribution in [0.2, 0.25) is 0 Å². The van der Waals surface area contributed by atoms with Crippen molar-refractivity contribution in [1.82, 2.24) is 0 Å². The molecule has 4 aliphatic rings. The summed E-state index contributed by atoms with van der Waals surface area (Å²) < 4.78 is 9.61. The van der Waals surface area contributed by atoms with Crippen LogP contribution in [0.3, 0.4) is 0 Å². The van der Waals surface area contributed by atoms with Crippen molar-refractivity contribution < 1.29 is 4.74 Å². The number of allylic oxidation sites excluding steroid dienone is 3. The van der Waals surface area contributed by atoms with Crippen LogP contribution in [0.4, 0.5) is 45.5 Å². The zero-order valence-corrected chi connectivity index (χ0v) is 36.9. The number of hydrogen-bond acceptors (Lipinski definition) is 5. The smallest absolute Gasteiger partial charge is 0.264 e. The van der Waals surface area contributed by atoms with Gasteiger partial charge >= 0.3 is 0 Å². The number of thiophene rings is 1. The molecular formula is C55H52BN3OS. The summed E-state index contributed by atoms with van der Waals surface area (Å²) in [7, 11) is 0. The highest BCUT2D eigenvalue weighted by molar-refractivity contribution is 7.33. The Labute approximate surface area is 365 Å². The highest BCUT2D eigenvalue weighted by Gasteiger charge is 2.45. The molecule has 2 aliphatic heterocycles. The lowest BCUT2D eigenvalue weighted by atomic mass is 9.36. The average Bonchev–Trinajstić information content (AvgIpc) is 3.63. The van der Waals surface area contributed by atoms with E-state index in [0.29, 0.717) is 0 Å². The van der Waals surface area contributed by atoms with E-state index in [4.69, 9.17) is 4.74 Å². The van der Waals surface area contributed by atoms with Crippen LogP contribution < -0.4 is 35.6 Å². The van der Waals surface area contributed by atoms with Crippen LogP contribution in [-0.2, 0) is 17.3 Å². The first kappa shape index (κ1) is 38.0. The Bertz CT molecular complexity index is 2900. The molecule has 0 bridgehead atoms. The summed E-state index contributed by atoms with van der Waals surface area (Å²) in [4.78, 5) is 4.95. The minimum atomic E-state index is -0.00736. The van der Waals surface area contributed by atoms with Crippen molar-refractivity contribution in [3.8, 4) is 5.75 Å². The molecule has 6 heteroatoms. The maximum atomic E-state index is 6.88. The van der Waals surface area contributed by atoms with Crippen molar-refractivity contribution in [2.45, 2.75) is 84.5 Å². The van der Waals surface area contributed by atoms with Crippen LogP contribution in [0.1, 0.15) is 82.6 Å². The first-order valence-corrected chi connectivity index (χ1v) is 22.9. The van der Waals surface area contributed by atoms with Gasteiger partial charge in [-0.25, -0.2) is 0 Å². The predicted octanol–water partition coefficient (Wildman–Crippen LogP) is 13.6. The molecular weight excluding hydrogens is 762 g/mol.